The zero-order chi connectivity index (χ0) is 19.1. The van der Waals surface area contributed by atoms with E-state index in [1.807, 2.05) is 30.3 Å². The van der Waals surface area contributed by atoms with Crippen molar-refractivity contribution < 1.29 is 24.5 Å². The highest BCUT2D eigenvalue weighted by molar-refractivity contribution is 5.93. The Hall–Kier alpha value is -3.12. The fourth-order valence-corrected chi connectivity index (χ4v) is 2.37. The minimum atomic E-state index is -1.15. The molecular formula is C20H21NO5. The maximum Gasteiger partial charge on any atom is 0.414 e. The summed E-state index contributed by atoms with van der Waals surface area (Å²) in [6, 6.07) is 13.5. The van der Waals surface area contributed by atoms with Crippen LogP contribution in [0.1, 0.15) is 34.5 Å². The van der Waals surface area contributed by atoms with Crippen molar-refractivity contribution in [2.75, 3.05) is 11.4 Å². The number of carbonyl (C=O) groups excluding carboxylic acids is 1. The number of rotatable bonds is 7. The normalized spacial score (nSPS) is 11.5. The molecule has 0 aliphatic carbocycles. The Balaban J connectivity index is 2.28. The van der Waals surface area contributed by atoms with E-state index in [1.165, 1.54) is 30.0 Å². The van der Waals surface area contributed by atoms with E-state index in [0.717, 1.165) is 5.56 Å². The maximum absolute atomic E-state index is 12.5. The molecule has 6 nitrogen and oxygen atoms in total. The average Bonchev–Trinajstić information content (AvgIpc) is 2.64. The molecule has 1 amide bonds. The molecule has 0 spiro atoms. The van der Waals surface area contributed by atoms with Crippen molar-refractivity contribution in [3.05, 3.63) is 77.9 Å². The van der Waals surface area contributed by atoms with Crippen LogP contribution in [-0.4, -0.2) is 28.8 Å². The second kappa shape index (κ2) is 8.82. The molecule has 2 N–H and O–H groups in total. The van der Waals surface area contributed by atoms with Crippen molar-refractivity contribution in [1.29, 1.82) is 0 Å². The summed E-state index contributed by atoms with van der Waals surface area (Å²) in [5, 5.41) is 19.1. The van der Waals surface area contributed by atoms with Crippen LogP contribution in [0.4, 0.5) is 10.5 Å². The molecule has 6 heteroatoms. The van der Waals surface area contributed by atoms with E-state index in [0.29, 0.717) is 11.3 Å². The van der Waals surface area contributed by atoms with Crippen molar-refractivity contribution >= 4 is 17.7 Å². The number of hydrogen-bond acceptors (Lipinski definition) is 4. The number of benzene rings is 2. The van der Waals surface area contributed by atoms with Gasteiger partial charge >= 0.3 is 12.1 Å². The summed E-state index contributed by atoms with van der Waals surface area (Å²) < 4.78 is 5.33. The van der Waals surface area contributed by atoms with Crippen molar-refractivity contribution in [3.63, 3.8) is 0 Å². The number of nitrogens with zero attached hydrogens (tertiary/aromatic N) is 1. The molecule has 0 aliphatic rings. The predicted molar refractivity (Wildman–Crippen MR) is 98.2 cm³/mol. The number of aliphatic hydroxyl groups is 1. The summed E-state index contributed by atoms with van der Waals surface area (Å²) in [6.45, 7) is 5.38. The van der Waals surface area contributed by atoms with Gasteiger partial charge in [0.25, 0.3) is 0 Å². The summed E-state index contributed by atoms with van der Waals surface area (Å²) in [4.78, 5) is 25.1. The number of hydrogen-bond donors (Lipinski definition) is 2. The minimum Gasteiger partial charge on any atom is -0.478 e. The molecule has 0 bridgehead atoms. The fraction of sp³-hybridized carbons (Fsp3) is 0.200. The Bertz CT molecular complexity index is 786. The number of anilines is 1. The average molecular weight is 355 g/mol. The van der Waals surface area contributed by atoms with Crippen molar-refractivity contribution in [1.82, 2.24) is 0 Å². The molecular weight excluding hydrogens is 334 g/mol. The summed E-state index contributed by atoms with van der Waals surface area (Å²) in [6.07, 6.45) is 0.00557. The highest BCUT2D eigenvalue weighted by Gasteiger charge is 2.20. The fourth-order valence-electron chi connectivity index (χ4n) is 2.37. The number of ether oxygens (including phenoxy) is 1. The SMILES string of the molecule is C=CCN(C(=O)OCc1ccccc1)c1cc(C(=O)O)cc(C(C)O)c1. The zero-order valence-corrected chi connectivity index (χ0v) is 14.5. The molecule has 0 saturated carbocycles. The smallest absolute Gasteiger partial charge is 0.414 e. The number of aliphatic hydroxyl groups excluding tert-OH is 1. The lowest BCUT2D eigenvalue weighted by Crippen LogP contribution is -2.32. The van der Waals surface area contributed by atoms with Gasteiger partial charge in [-0.3, -0.25) is 4.90 Å². The summed E-state index contributed by atoms with van der Waals surface area (Å²) in [7, 11) is 0. The van der Waals surface area contributed by atoms with E-state index in [-0.39, 0.29) is 18.7 Å². The maximum atomic E-state index is 12.5. The zero-order valence-electron chi connectivity index (χ0n) is 14.5. The molecule has 0 saturated heterocycles. The van der Waals surface area contributed by atoms with E-state index in [9.17, 15) is 19.8 Å². The van der Waals surface area contributed by atoms with Gasteiger partial charge in [-0.2, -0.15) is 0 Å². The third kappa shape index (κ3) is 4.94. The predicted octanol–water partition coefficient (Wildman–Crippen LogP) is 3.77. The second-order valence-corrected chi connectivity index (χ2v) is 5.73. The molecule has 2 rings (SSSR count). The van der Waals surface area contributed by atoms with Crippen LogP contribution in [0.2, 0.25) is 0 Å². The van der Waals surface area contributed by atoms with E-state index < -0.39 is 18.2 Å². The molecule has 0 fully saturated rings. The highest BCUT2D eigenvalue weighted by Crippen LogP contribution is 2.24. The second-order valence-electron chi connectivity index (χ2n) is 5.73. The van der Waals surface area contributed by atoms with Gasteiger partial charge in [0.15, 0.2) is 0 Å². The monoisotopic (exact) mass is 355 g/mol. The van der Waals surface area contributed by atoms with Gasteiger partial charge in [0.05, 0.1) is 11.7 Å². The molecule has 0 radical (unpaired) electrons. The lowest BCUT2D eigenvalue weighted by Gasteiger charge is -2.22. The van der Waals surface area contributed by atoms with Gasteiger partial charge in [-0.05, 0) is 36.2 Å². The van der Waals surface area contributed by atoms with Gasteiger partial charge in [0.2, 0.25) is 0 Å². The first-order valence-electron chi connectivity index (χ1n) is 8.08. The summed E-state index contributed by atoms with van der Waals surface area (Å²) in [5.74, 6) is -1.15. The molecule has 1 unspecified atom stereocenters. The number of carboxylic acid groups (broad SMARTS) is 1. The van der Waals surface area contributed by atoms with Crippen LogP contribution >= 0.6 is 0 Å². The topological polar surface area (TPSA) is 87.1 Å². The van der Waals surface area contributed by atoms with Gasteiger partial charge in [-0.1, -0.05) is 36.4 Å². The minimum absolute atomic E-state index is 0.0247. The molecule has 0 aromatic heterocycles. The first kappa shape index (κ1) is 19.2. The van der Waals surface area contributed by atoms with Crippen LogP contribution in [0.25, 0.3) is 0 Å². The van der Waals surface area contributed by atoms with E-state index in [1.54, 1.807) is 6.07 Å². The lowest BCUT2D eigenvalue weighted by molar-refractivity contribution is 0.0696. The molecule has 0 heterocycles. The van der Waals surface area contributed by atoms with Gasteiger partial charge < -0.3 is 14.9 Å². The lowest BCUT2D eigenvalue weighted by atomic mass is 10.0. The van der Waals surface area contributed by atoms with Crippen molar-refractivity contribution in [2.45, 2.75) is 19.6 Å². The highest BCUT2D eigenvalue weighted by atomic mass is 16.6. The van der Waals surface area contributed by atoms with Crippen LogP contribution < -0.4 is 4.90 Å². The largest absolute Gasteiger partial charge is 0.478 e. The van der Waals surface area contributed by atoms with E-state index in [2.05, 4.69) is 6.58 Å². The van der Waals surface area contributed by atoms with Crippen LogP contribution in [-0.2, 0) is 11.3 Å². The van der Waals surface area contributed by atoms with Crippen LogP contribution in [0, 0.1) is 0 Å². The van der Waals surface area contributed by atoms with Gasteiger partial charge in [0, 0.05) is 12.2 Å². The van der Waals surface area contributed by atoms with Gasteiger partial charge in [0.1, 0.15) is 6.61 Å². The molecule has 2 aromatic rings. The standard InChI is InChI=1S/C20H21NO5/c1-3-9-21(20(25)26-13-15-7-5-4-6-8-15)18-11-16(14(2)22)10-17(12-18)19(23)24/h3-8,10-12,14,22H,1,9,13H2,2H3,(H,23,24). The summed E-state index contributed by atoms with van der Waals surface area (Å²) in [5.41, 5.74) is 1.52. The van der Waals surface area contributed by atoms with Crippen LogP contribution in [0.3, 0.4) is 0 Å². The van der Waals surface area contributed by atoms with Crippen molar-refractivity contribution in [3.8, 4) is 0 Å². The number of carbonyl (C=O) groups is 2. The number of aromatic carboxylic acids is 1. The van der Waals surface area contributed by atoms with Crippen LogP contribution in [0.15, 0.2) is 61.2 Å². The van der Waals surface area contributed by atoms with Gasteiger partial charge in [-0.25, -0.2) is 9.59 Å². The molecule has 26 heavy (non-hydrogen) atoms. The Morgan fingerprint density at radius 2 is 1.92 bits per heavy atom. The number of amides is 1. The first-order valence-corrected chi connectivity index (χ1v) is 8.08. The first-order chi connectivity index (χ1) is 12.4. The number of carboxylic acids is 1. The quantitative estimate of drug-likeness (QED) is 0.738. The summed E-state index contributed by atoms with van der Waals surface area (Å²) >= 11 is 0. The molecule has 0 aliphatic heterocycles. The van der Waals surface area contributed by atoms with Crippen LogP contribution in [0.5, 0.6) is 0 Å². The Morgan fingerprint density at radius 3 is 2.50 bits per heavy atom. The van der Waals surface area contributed by atoms with Gasteiger partial charge in [-0.15, -0.1) is 6.58 Å². The molecule has 136 valence electrons. The van der Waals surface area contributed by atoms with E-state index in [4.69, 9.17) is 4.74 Å². The third-order valence-corrected chi connectivity index (χ3v) is 3.72. The third-order valence-electron chi connectivity index (χ3n) is 3.72. The Labute approximate surface area is 152 Å². The Kier molecular flexibility index (Phi) is 6.52. The molecule has 2 aromatic carbocycles. The van der Waals surface area contributed by atoms with E-state index >= 15 is 0 Å². The molecule has 1 atom stereocenters. The Morgan fingerprint density at radius 1 is 1.23 bits per heavy atom. The van der Waals surface area contributed by atoms with Crippen molar-refractivity contribution in [2.24, 2.45) is 0 Å².